The summed E-state index contributed by atoms with van der Waals surface area (Å²) < 4.78 is 13.4. The lowest BCUT2D eigenvalue weighted by atomic mass is 10.1. The third kappa shape index (κ3) is 3.59. The lowest BCUT2D eigenvalue weighted by molar-refractivity contribution is -0.132. The van der Waals surface area contributed by atoms with Crippen LogP contribution >= 0.6 is 0 Å². The molecule has 6 nitrogen and oxygen atoms in total. The van der Waals surface area contributed by atoms with Crippen LogP contribution in [0.1, 0.15) is 17.0 Å². The number of aromatic amines is 1. The van der Waals surface area contributed by atoms with Crippen molar-refractivity contribution in [3.8, 4) is 0 Å². The van der Waals surface area contributed by atoms with Crippen LogP contribution < -0.4 is 5.56 Å². The van der Waals surface area contributed by atoms with Crippen molar-refractivity contribution in [3.05, 3.63) is 75.6 Å². The van der Waals surface area contributed by atoms with Gasteiger partial charge in [-0.2, -0.15) is 0 Å². The quantitative estimate of drug-likeness (QED) is 0.767. The number of aromatic nitrogens is 2. The van der Waals surface area contributed by atoms with E-state index in [-0.39, 0.29) is 24.6 Å². The molecule has 138 valence electrons. The van der Waals surface area contributed by atoms with Crippen molar-refractivity contribution in [3.63, 3.8) is 0 Å². The molecular weight excluding hydrogens is 347 g/mol. The third-order valence-corrected chi connectivity index (χ3v) is 4.74. The number of amides is 1. The van der Waals surface area contributed by atoms with Crippen LogP contribution in [0.15, 0.2) is 47.3 Å². The van der Waals surface area contributed by atoms with E-state index in [1.807, 2.05) is 29.2 Å². The second-order valence-corrected chi connectivity index (χ2v) is 6.86. The molecule has 0 spiro atoms. The van der Waals surface area contributed by atoms with Gasteiger partial charge in [0.25, 0.3) is 5.56 Å². The maximum Gasteiger partial charge on any atom is 0.258 e. The standard InChI is InChI=1S/C20H19FN4O2/c1-24(12-19(26)25-9-13-4-2-3-5-14(13)10-25)11-18-22-17-8-15(21)6-7-16(17)20(27)23-18/h2-8H,9-12H2,1H3,(H,22,23,27). The van der Waals surface area contributed by atoms with Gasteiger partial charge in [0.2, 0.25) is 5.91 Å². The Morgan fingerprint density at radius 2 is 1.93 bits per heavy atom. The second-order valence-electron chi connectivity index (χ2n) is 6.86. The molecule has 3 aromatic rings. The van der Waals surface area contributed by atoms with Gasteiger partial charge in [-0.3, -0.25) is 14.5 Å². The topological polar surface area (TPSA) is 69.3 Å². The Morgan fingerprint density at radius 1 is 1.22 bits per heavy atom. The molecule has 1 amide bonds. The molecule has 2 aromatic carbocycles. The largest absolute Gasteiger partial charge is 0.333 e. The van der Waals surface area contributed by atoms with Crippen LogP contribution in [-0.2, 0) is 24.4 Å². The Kier molecular flexibility index (Phi) is 4.45. The van der Waals surface area contributed by atoms with Crippen molar-refractivity contribution in [2.75, 3.05) is 13.6 Å². The van der Waals surface area contributed by atoms with Crippen LogP contribution in [0.5, 0.6) is 0 Å². The summed E-state index contributed by atoms with van der Waals surface area (Å²) in [6.07, 6.45) is 0. The highest BCUT2D eigenvalue weighted by Gasteiger charge is 2.23. The van der Waals surface area contributed by atoms with Crippen LogP contribution in [-0.4, -0.2) is 39.3 Å². The molecule has 1 aromatic heterocycles. The molecule has 1 aliphatic rings. The fourth-order valence-corrected chi connectivity index (χ4v) is 3.39. The van der Waals surface area contributed by atoms with E-state index in [4.69, 9.17) is 0 Å². The summed E-state index contributed by atoms with van der Waals surface area (Å²) in [5, 5.41) is 0.341. The Morgan fingerprint density at radius 3 is 2.63 bits per heavy atom. The molecule has 1 aliphatic heterocycles. The van der Waals surface area contributed by atoms with E-state index in [9.17, 15) is 14.0 Å². The molecule has 0 saturated carbocycles. The molecule has 1 N–H and O–H groups in total. The van der Waals surface area contributed by atoms with Crippen molar-refractivity contribution in [1.82, 2.24) is 19.8 Å². The van der Waals surface area contributed by atoms with Crippen molar-refractivity contribution in [2.24, 2.45) is 0 Å². The number of H-pyrrole nitrogens is 1. The number of likely N-dealkylation sites (N-methyl/N-ethyl adjacent to an activating group) is 1. The molecule has 0 saturated heterocycles. The van der Waals surface area contributed by atoms with E-state index < -0.39 is 5.82 Å². The Labute approximate surface area is 155 Å². The van der Waals surface area contributed by atoms with Crippen LogP contribution in [0.4, 0.5) is 4.39 Å². The average Bonchev–Trinajstić information content (AvgIpc) is 3.05. The zero-order valence-electron chi connectivity index (χ0n) is 14.9. The minimum atomic E-state index is -0.441. The van der Waals surface area contributed by atoms with Gasteiger partial charge in [-0.25, -0.2) is 9.37 Å². The number of hydrogen-bond donors (Lipinski definition) is 1. The number of fused-ring (bicyclic) bond motifs is 2. The number of halogens is 1. The molecule has 27 heavy (non-hydrogen) atoms. The summed E-state index contributed by atoms with van der Waals surface area (Å²) in [5.74, 6) is -0.0235. The van der Waals surface area contributed by atoms with Gasteiger partial charge in [0.15, 0.2) is 0 Å². The normalized spacial score (nSPS) is 13.4. The van der Waals surface area contributed by atoms with Crippen LogP contribution in [0.25, 0.3) is 10.9 Å². The first-order valence-corrected chi connectivity index (χ1v) is 8.71. The number of nitrogens with one attached hydrogen (secondary N) is 1. The number of rotatable bonds is 4. The van der Waals surface area contributed by atoms with E-state index >= 15 is 0 Å². The fourth-order valence-electron chi connectivity index (χ4n) is 3.39. The van der Waals surface area contributed by atoms with Crippen molar-refractivity contribution < 1.29 is 9.18 Å². The van der Waals surface area contributed by atoms with Gasteiger partial charge in [-0.15, -0.1) is 0 Å². The summed E-state index contributed by atoms with van der Waals surface area (Å²) >= 11 is 0. The van der Waals surface area contributed by atoms with Gasteiger partial charge in [0.1, 0.15) is 11.6 Å². The summed E-state index contributed by atoms with van der Waals surface area (Å²) in [7, 11) is 1.79. The van der Waals surface area contributed by atoms with Gasteiger partial charge in [0, 0.05) is 19.2 Å². The average molecular weight is 366 g/mol. The summed E-state index contributed by atoms with van der Waals surface area (Å²) in [6, 6.07) is 11.9. The number of carbonyl (C=O) groups excluding carboxylic acids is 1. The van der Waals surface area contributed by atoms with Crippen molar-refractivity contribution in [1.29, 1.82) is 0 Å². The smallest absolute Gasteiger partial charge is 0.258 e. The molecule has 2 heterocycles. The van der Waals surface area contributed by atoms with Crippen molar-refractivity contribution in [2.45, 2.75) is 19.6 Å². The first kappa shape index (κ1) is 17.4. The van der Waals surface area contributed by atoms with E-state index in [1.54, 1.807) is 11.9 Å². The van der Waals surface area contributed by atoms with Gasteiger partial charge < -0.3 is 9.88 Å². The molecule has 0 radical (unpaired) electrons. The summed E-state index contributed by atoms with van der Waals surface area (Å²) in [4.78, 5) is 35.3. The Balaban J connectivity index is 1.44. The van der Waals surface area contributed by atoms with Gasteiger partial charge in [-0.1, -0.05) is 24.3 Å². The molecule has 0 bridgehead atoms. The van der Waals surface area contributed by atoms with Crippen LogP contribution in [0, 0.1) is 5.82 Å². The summed E-state index contributed by atoms with van der Waals surface area (Å²) in [6.45, 7) is 1.73. The van der Waals surface area contributed by atoms with E-state index in [0.717, 1.165) is 0 Å². The SMILES string of the molecule is CN(CC(=O)N1Cc2ccccc2C1)Cc1nc2cc(F)ccc2c(=O)[nH]1. The maximum atomic E-state index is 13.4. The maximum absolute atomic E-state index is 13.4. The predicted molar refractivity (Wildman–Crippen MR) is 99.4 cm³/mol. The van der Waals surface area contributed by atoms with Gasteiger partial charge in [-0.05, 0) is 30.3 Å². The highest BCUT2D eigenvalue weighted by molar-refractivity contribution is 5.79. The molecule has 4 rings (SSSR count). The van der Waals surface area contributed by atoms with Gasteiger partial charge >= 0.3 is 0 Å². The highest BCUT2D eigenvalue weighted by atomic mass is 19.1. The van der Waals surface area contributed by atoms with Crippen molar-refractivity contribution >= 4 is 16.8 Å². The lowest BCUT2D eigenvalue weighted by Crippen LogP contribution is -2.36. The molecular formula is C20H19FN4O2. The summed E-state index contributed by atoms with van der Waals surface area (Å²) in [5.41, 5.74) is 2.35. The highest BCUT2D eigenvalue weighted by Crippen LogP contribution is 2.22. The number of carbonyl (C=O) groups is 1. The molecule has 7 heteroatoms. The predicted octanol–water partition coefficient (Wildman–Crippen LogP) is 2.04. The second kappa shape index (κ2) is 6.92. The van der Waals surface area contributed by atoms with Gasteiger partial charge in [0.05, 0.1) is 24.0 Å². The minimum Gasteiger partial charge on any atom is -0.333 e. The van der Waals surface area contributed by atoms with E-state index in [0.29, 0.717) is 29.8 Å². The monoisotopic (exact) mass is 366 g/mol. The third-order valence-electron chi connectivity index (χ3n) is 4.74. The van der Waals surface area contributed by atoms with Crippen LogP contribution in [0.2, 0.25) is 0 Å². The molecule has 0 aliphatic carbocycles. The van der Waals surface area contributed by atoms with Crippen LogP contribution in [0.3, 0.4) is 0 Å². The number of benzene rings is 2. The Bertz CT molecular complexity index is 1050. The molecule has 0 atom stereocenters. The minimum absolute atomic E-state index is 0.0166. The number of nitrogens with zero attached hydrogens (tertiary/aromatic N) is 3. The first-order chi connectivity index (χ1) is 13.0. The van der Waals surface area contributed by atoms with E-state index in [2.05, 4.69) is 9.97 Å². The first-order valence-electron chi connectivity index (χ1n) is 8.71. The Hall–Kier alpha value is -3.06. The zero-order chi connectivity index (χ0) is 19.0. The van der Waals surface area contributed by atoms with E-state index in [1.165, 1.54) is 29.3 Å². The molecule has 0 unspecified atom stereocenters. The number of hydrogen-bond acceptors (Lipinski definition) is 4. The fraction of sp³-hybridized carbons (Fsp3) is 0.250. The lowest BCUT2D eigenvalue weighted by Gasteiger charge is -2.21. The zero-order valence-corrected chi connectivity index (χ0v) is 14.9. The molecule has 0 fully saturated rings.